The molecule has 1 fully saturated rings. The molecule has 2 aromatic carbocycles. The molecule has 0 radical (unpaired) electrons. The number of carbonyl (C=O) groups is 1. The molecule has 5 rings (SSSR count). The van der Waals surface area contributed by atoms with Crippen LogP contribution in [0.15, 0.2) is 71.4 Å². The summed E-state index contributed by atoms with van der Waals surface area (Å²) >= 11 is 9.30. The van der Waals surface area contributed by atoms with Crippen LogP contribution in [0.2, 0.25) is 0 Å². The van der Waals surface area contributed by atoms with E-state index in [2.05, 4.69) is 4.98 Å². The molecule has 2 atom stereocenters. The lowest BCUT2D eigenvalue weighted by Gasteiger charge is -2.42. The minimum Gasteiger partial charge on any atom is -0.277 e. The number of amides is 1. The maximum Gasteiger partial charge on any atom is 0.249 e. The molecule has 4 aromatic rings. The third-order valence-corrected chi connectivity index (χ3v) is 6.79. The highest BCUT2D eigenvalue weighted by Gasteiger charge is 2.49. The number of rotatable bonds is 4. The first-order chi connectivity index (χ1) is 13.7. The van der Waals surface area contributed by atoms with Gasteiger partial charge in [-0.3, -0.25) is 9.69 Å². The molecule has 2 aromatic heterocycles. The van der Waals surface area contributed by atoms with Gasteiger partial charge < -0.3 is 0 Å². The van der Waals surface area contributed by atoms with Crippen molar-refractivity contribution >= 4 is 45.3 Å². The zero-order valence-electron chi connectivity index (χ0n) is 14.5. The molecule has 1 saturated heterocycles. The van der Waals surface area contributed by atoms with E-state index in [1.165, 1.54) is 11.3 Å². The Kier molecular flexibility index (Phi) is 4.47. The molecule has 28 heavy (non-hydrogen) atoms. The van der Waals surface area contributed by atoms with Crippen molar-refractivity contribution in [2.24, 2.45) is 0 Å². The third kappa shape index (κ3) is 2.94. The first kappa shape index (κ1) is 17.6. The van der Waals surface area contributed by atoms with Crippen molar-refractivity contribution in [1.82, 2.24) is 9.97 Å². The number of hydrogen-bond acceptors (Lipinski definition) is 5. The summed E-state index contributed by atoms with van der Waals surface area (Å²) in [6.45, 7) is 0. The van der Waals surface area contributed by atoms with Gasteiger partial charge in [-0.15, -0.1) is 34.3 Å². The van der Waals surface area contributed by atoms with Crippen LogP contribution in [0.25, 0.3) is 22.0 Å². The summed E-state index contributed by atoms with van der Waals surface area (Å²) in [7, 11) is 0. The van der Waals surface area contributed by atoms with Crippen molar-refractivity contribution in [2.45, 2.75) is 11.4 Å². The molecule has 0 bridgehead atoms. The predicted octanol–water partition coefficient (Wildman–Crippen LogP) is 5.63. The van der Waals surface area contributed by atoms with Gasteiger partial charge in [-0.1, -0.05) is 60.7 Å². The Morgan fingerprint density at radius 1 is 0.857 bits per heavy atom. The van der Waals surface area contributed by atoms with E-state index in [0.29, 0.717) is 5.13 Å². The Morgan fingerprint density at radius 3 is 2.29 bits per heavy atom. The number of aromatic nitrogens is 2. The minimum atomic E-state index is -0.556. The molecule has 0 aliphatic carbocycles. The lowest BCUT2D eigenvalue weighted by Crippen LogP contribution is -2.56. The largest absolute Gasteiger partial charge is 0.277 e. The van der Waals surface area contributed by atoms with Gasteiger partial charge in [0, 0.05) is 16.3 Å². The maximum atomic E-state index is 12.4. The Labute approximate surface area is 175 Å². The minimum absolute atomic E-state index is 0.111. The smallest absolute Gasteiger partial charge is 0.249 e. The first-order valence-electron chi connectivity index (χ1n) is 8.71. The van der Waals surface area contributed by atoms with Crippen molar-refractivity contribution in [3.63, 3.8) is 0 Å². The van der Waals surface area contributed by atoms with Crippen LogP contribution in [-0.4, -0.2) is 21.3 Å². The monoisotopic (exact) mass is 423 g/mol. The summed E-state index contributed by atoms with van der Waals surface area (Å²) in [5.74, 6) is -0.111. The second-order valence-corrected chi connectivity index (χ2v) is 8.55. The van der Waals surface area contributed by atoms with Crippen LogP contribution in [0.3, 0.4) is 0 Å². The summed E-state index contributed by atoms with van der Waals surface area (Å²) in [6, 6.07) is 19.7. The van der Waals surface area contributed by atoms with Gasteiger partial charge in [-0.05, 0) is 5.56 Å². The van der Waals surface area contributed by atoms with Gasteiger partial charge >= 0.3 is 0 Å². The van der Waals surface area contributed by atoms with Gasteiger partial charge in [0.05, 0.1) is 11.7 Å². The number of anilines is 1. The van der Waals surface area contributed by atoms with Crippen molar-refractivity contribution in [1.29, 1.82) is 0 Å². The van der Waals surface area contributed by atoms with Crippen LogP contribution in [0.1, 0.15) is 11.6 Å². The van der Waals surface area contributed by atoms with Crippen LogP contribution in [0, 0.1) is 0 Å². The van der Waals surface area contributed by atoms with Crippen molar-refractivity contribution in [3.05, 3.63) is 77.0 Å². The van der Waals surface area contributed by atoms with Gasteiger partial charge in [0.1, 0.15) is 16.1 Å². The molecule has 0 saturated carbocycles. The lowest BCUT2D eigenvalue weighted by atomic mass is 9.94. The number of halogens is 1. The maximum absolute atomic E-state index is 12.4. The van der Waals surface area contributed by atoms with Crippen molar-refractivity contribution in [3.8, 4) is 22.0 Å². The normalized spacial score (nSPS) is 18.9. The number of β-lactam (4-membered cyclic amide) rings is 1. The van der Waals surface area contributed by atoms with Crippen LogP contribution in [0.5, 0.6) is 0 Å². The number of thiazole rings is 2. The Bertz CT molecular complexity index is 1130. The number of nitrogens with zero attached hydrogens (tertiary/aromatic N) is 3. The van der Waals surface area contributed by atoms with E-state index in [0.717, 1.165) is 27.5 Å². The molecule has 2 unspecified atom stereocenters. The molecule has 3 heterocycles. The first-order valence-corrected chi connectivity index (χ1v) is 10.9. The number of benzene rings is 2. The molecule has 1 aliphatic rings. The topological polar surface area (TPSA) is 46.1 Å². The highest BCUT2D eigenvalue weighted by Crippen LogP contribution is 2.44. The molecule has 1 amide bonds. The van der Waals surface area contributed by atoms with E-state index in [1.807, 2.05) is 71.4 Å². The van der Waals surface area contributed by atoms with Gasteiger partial charge in [-0.2, -0.15) is 0 Å². The molecular weight excluding hydrogens is 410 g/mol. The fraction of sp³-hybridized carbons (Fsp3) is 0.0952. The lowest BCUT2D eigenvalue weighted by molar-refractivity contribution is -0.123. The standard InChI is InChI=1S/C21H14ClN3OS2/c22-17-18(14-9-5-2-6-10-14)25(20(17)26)21-24-16(12-28-21)19-23-15(11-27-19)13-7-3-1-4-8-13/h1-12,17-18H. The highest BCUT2D eigenvalue weighted by molar-refractivity contribution is 7.16. The van der Waals surface area contributed by atoms with Gasteiger partial charge in [0.25, 0.3) is 0 Å². The van der Waals surface area contributed by atoms with Gasteiger partial charge in [0.15, 0.2) is 5.13 Å². The predicted molar refractivity (Wildman–Crippen MR) is 115 cm³/mol. The van der Waals surface area contributed by atoms with E-state index < -0.39 is 5.38 Å². The molecule has 7 heteroatoms. The van der Waals surface area contributed by atoms with Gasteiger partial charge in [-0.25, -0.2) is 9.97 Å². The number of hydrogen-bond donors (Lipinski definition) is 0. The van der Waals surface area contributed by atoms with Crippen molar-refractivity contribution in [2.75, 3.05) is 4.90 Å². The number of alkyl halides is 1. The Hall–Kier alpha value is -2.54. The van der Waals surface area contributed by atoms with E-state index in [1.54, 1.807) is 16.2 Å². The highest BCUT2D eigenvalue weighted by atomic mass is 35.5. The second kappa shape index (κ2) is 7.13. The summed E-state index contributed by atoms with van der Waals surface area (Å²) in [4.78, 5) is 23.5. The van der Waals surface area contributed by atoms with E-state index >= 15 is 0 Å². The van der Waals surface area contributed by atoms with E-state index in [-0.39, 0.29) is 11.9 Å². The zero-order chi connectivity index (χ0) is 19.1. The van der Waals surface area contributed by atoms with Crippen molar-refractivity contribution < 1.29 is 4.79 Å². The number of carbonyl (C=O) groups excluding carboxylic acids is 1. The molecular formula is C21H14ClN3OS2. The molecule has 0 spiro atoms. The Balaban J connectivity index is 1.44. The third-order valence-electron chi connectivity index (χ3n) is 4.66. The van der Waals surface area contributed by atoms with Crippen LogP contribution in [0.4, 0.5) is 5.13 Å². The van der Waals surface area contributed by atoms with Gasteiger partial charge in [0.2, 0.25) is 5.91 Å². The summed E-state index contributed by atoms with van der Waals surface area (Å²) in [5, 5.41) is 4.91. The van der Waals surface area contributed by atoms with E-state index in [9.17, 15) is 4.79 Å². The summed E-state index contributed by atoms with van der Waals surface area (Å²) in [5.41, 5.74) is 3.80. The average Bonchev–Trinajstić information content (AvgIpc) is 3.42. The summed E-state index contributed by atoms with van der Waals surface area (Å²) < 4.78 is 0. The Morgan fingerprint density at radius 2 is 1.54 bits per heavy atom. The average molecular weight is 424 g/mol. The van der Waals surface area contributed by atoms with E-state index in [4.69, 9.17) is 16.6 Å². The van der Waals surface area contributed by atoms with Crippen LogP contribution < -0.4 is 4.90 Å². The molecule has 0 N–H and O–H groups in total. The molecule has 1 aliphatic heterocycles. The zero-order valence-corrected chi connectivity index (χ0v) is 16.9. The molecule has 4 nitrogen and oxygen atoms in total. The summed E-state index contributed by atoms with van der Waals surface area (Å²) in [6.07, 6.45) is 0. The van der Waals surface area contributed by atoms with Crippen LogP contribution >= 0.6 is 34.3 Å². The quantitative estimate of drug-likeness (QED) is 0.315. The second-order valence-electron chi connectivity index (χ2n) is 6.38. The van der Waals surface area contributed by atoms with Crippen LogP contribution in [-0.2, 0) is 4.79 Å². The molecule has 138 valence electrons. The fourth-order valence-electron chi connectivity index (χ4n) is 3.24. The SMILES string of the molecule is O=C1C(Cl)C(c2ccccc2)N1c1nc(-c2nc(-c3ccccc3)cs2)cs1. The fourth-order valence-corrected chi connectivity index (χ4v) is 5.32.